The fourth-order valence-corrected chi connectivity index (χ4v) is 4.45. The van der Waals surface area contributed by atoms with Crippen molar-refractivity contribution in [3.8, 4) is 22.8 Å². The number of aromatic nitrogens is 4. The first-order valence-electron chi connectivity index (χ1n) is 11.2. The van der Waals surface area contributed by atoms with Gasteiger partial charge in [-0.3, -0.25) is 0 Å². The molecule has 4 nitrogen and oxygen atoms in total. The monoisotopic (exact) mass is 466 g/mol. The highest BCUT2D eigenvalue weighted by molar-refractivity contribution is 5.95. The lowest BCUT2D eigenvalue weighted by molar-refractivity contribution is 0.582. The Kier molecular flexibility index (Phi) is 5.59. The summed E-state index contributed by atoms with van der Waals surface area (Å²) in [4.78, 5) is 9.36. The largest absolute Gasteiger partial charge is 0.324 e. The van der Waals surface area contributed by atoms with E-state index >= 15 is 0 Å². The van der Waals surface area contributed by atoms with Crippen molar-refractivity contribution >= 4 is 22.1 Å². The Morgan fingerprint density at radius 1 is 0.559 bits per heavy atom. The predicted molar refractivity (Wildman–Crippen MR) is 124 cm³/mol. The van der Waals surface area contributed by atoms with Gasteiger partial charge in [0, 0.05) is 36.3 Å². The van der Waals surface area contributed by atoms with Crippen molar-refractivity contribution in [2.75, 3.05) is 0 Å². The van der Waals surface area contributed by atoms with E-state index in [4.69, 9.17) is 0 Å². The van der Waals surface area contributed by atoms with E-state index in [1.165, 1.54) is 24.3 Å². The third-order valence-electron chi connectivity index (χ3n) is 5.75. The number of hydrogen-bond acceptors (Lipinski definition) is 2. The Balaban J connectivity index is 1.77. The molecule has 0 saturated heterocycles. The molecule has 0 atom stereocenters. The number of aryl methyl sites for hydroxylation is 2. The lowest BCUT2D eigenvalue weighted by atomic mass is 10.2. The number of hydrogen-bond donors (Lipinski definition) is 0. The maximum absolute atomic E-state index is 13.9. The fourth-order valence-electron chi connectivity index (χ4n) is 4.45. The molecule has 2 aromatic heterocycles. The van der Waals surface area contributed by atoms with Crippen LogP contribution in [0, 0.1) is 23.3 Å². The van der Waals surface area contributed by atoms with Crippen LogP contribution in [-0.2, 0) is 13.1 Å². The second-order valence-electron chi connectivity index (χ2n) is 8.32. The van der Waals surface area contributed by atoms with Crippen LogP contribution in [0.3, 0.4) is 0 Å². The van der Waals surface area contributed by atoms with Crippen molar-refractivity contribution < 1.29 is 17.6 Å². The number of nitrogens with zero attached hydrogens (tertiary/aromatic N) is 4. The van der Waals surface area contributed by atoms with Gasteiger partial charge in [0.25, 0.3) is 0 Å². The van der Waals surface area contributed by atoms with Gasteiger partial charge >= 0.3 is 0 Å². The van der Waals surface area contributed by atoms with Crippen molar-refractivity contribution in [1.29, 1.82) is 0 Å². The predicted octanol–water partition coefficient (Wildman–Crippen LogP) is 7.10. The lowest BCUT2D eigenvalue weighted by Gasteiger charge is -2.10. The van der Waals surface area contributed by atoms with Gasteiger partial charge in [-0.2, -0.15) is 0 Å². The summed E-state index contributed by atoms with van der Waals surface area (Å²) in [5.41, 5.74) is 3.54. The summed E-state index contributed by atoms with van der Waals surface area (Å²) in [7, 11) is 0. The molecule has 8 heteroatoms. The van der Waals surface area contributed by atoms with Crippen LogP contribution in [0.1, 0.15) is 26.7 Å². The highest BCUT2D eigenvalue weighted by atomic mass is 19.1. The Bertz CT molecular complexity index is 1380. The Labute approximate surface area is 193 Å². The molecular weight excluding hydrogens is 444 g/mol. The number of fused-ring (bicyclic) bond motifs is 2. The van der Waals surface area contributed by atoms with E-state index in [0.29, 0.717) is 46.9 Å². The van der Waals surface area contributed by atoms with Gasteiger partial charge in [-0.15, -0.1) is 0 Å². The first-order valence-corrected chi connectivity index (χ1v) is 11.2. The van der Waals surface area contributed by atoms with E-state index in [9.17, 15) is 17.6 Å². The molecule has 0 amide bonds. The van der Waals surface area contributed by atoms with Gasteiger partial charge in [-0.1, -0.05) is 13.8 Å². The Hall–Kier alpha value is -3.68. The van der Waals surface area contributed by atoms with Crippen LogP contribution < -0.4 is 0 Å². The third kappa shape index (κ3) is 3.83. The number of rotatable bonds is 6. The van der Waals surface area contributed by atoms with Gasteiger partial charge in [0.05, 0.1) is 22.1 Å². The van der Waals surface area contributed by atoms with Crippen molar-refractivity contribution in [1.82, 2.24) is 19.1 Å². The zero-order valence-electron chi connectivity index (χ0n) is 18.7. The Morgan fingerprint density at radius 2 is 0.941 bits per heavy atom. The van der Waals surface area contributed by atoms with Crippen molar-refractivity contribution in [3.63, 3.8) is 0 Å². The van der Waals surface area contributed by atoms with Crippen molar-refractivity contribution in [3.05, 3.63) is 71.8 Å². The molecule has 0 aliphatic rings. The second kappa shape index (κ2) is 8.59. The molecule has 0 saturated carbocycles. The van der Waals surface area contributed by atoms with Crippen molar-refractivity contribution in [2.24, 2.45) is 0 Å². The van der Waals surface area contributed by atoms with Gasteiger partial charge in [0.15, 0.2) is 0 Å². The minimum Gasteiger partial charge on any atom is -0.324 e. The van der Waals surface area contributed by atoms with Gasteiger partial charge in [0.1, 0.15) is 34.9 Å². The first kappa shape index (κ1) is 22.1. The Morgan fingerprint density at radius 3 is 1.29 bits per heavy atom. The molecule has 2 heterocycles. The molecule has 0 fully saturated rings. The molecular formula is C26H22F4N4. The fraction of sp³-hybridized carbons (Fsp3) is 0.231. The minimum absolute atomic E-state index is 0.354. The van der Waals surface area contributed by atoms with E-state index < -0.39 is 23.3 Å². The standard InChI is InChI=1S/C26H22F4N4/c1-3-5-33-23-14-24-22(13-21(23)31-25(33)15-7-17(27)11-18(28)8-15)32-26(34(24)6-4-2)16-9-19(29)12-20(30)10-16/h7-14H,3-6H2,1-2H3. The van der Waals surface area contributed by atoms with Gasteiger partial charge < -0.3 is 9.13 Å². The maximum Gasteiger partial charge on any atom is 0.141 e. The number of halogens is 4. The molecule has 5 rings (SSSR count). The van der Waals surface area contributed by atoms with E-state index in [0.717, 1.165) is 36.0 Å². The van der Waals surface area contributed by atoms with Gasteiger partial charge in [-0.25, -0.2) is 27.5 Å². The van der Waals surface area contributed by atoms with Crippen LogP contribution in [0.25, 0.3) is 44.8 Å². The summed E-state index contributed by atoms with van der Waals surface area (Å²) in [6, 6.07) is 10.5. The average Bonchev–Trinajstić information content (AvgIpc) is 3.30. The minimum atomic E-state index is -0.668. The zero-order chi connectivity index (χ0) is 24.0. The maximum atomic E-state index is 13.9. The highest BCUT2D eigenvalue weighted by Gasteiger charge is 2.19. The summed E-state index contributed by atoms with van der Waals surface area (Å²) in [6.07, 6.45) is 1.58. The molecule has 0 radical (unpaired) electrons. The van der Waals surface area contributed by atoms with E-state index in [-0.39, 0.29) is 0 Å². The van der Waals surface area contributed by atoms with Crippen LogP contribution in [0.4, 0.5) is 17.6 Å². The highest BCUT2D eigenvalue weighted by Crippen LogP contribution is 2.32. The smallest absolute Gasteiger partial charge is 0.141 e. The van der Waals surface area contributed by atoms with E-state index in [1.807, 2.05) is 29.0 Å². The van der Waals surface area contributed by atoms with Gasteiger partial charge in [0.2, 0.25) is 0 Å². The van der Waals surface area contributed by atoms with E-state index in [2.05, 4.69) is 9.97 Å². The summed E-state index contributed by atoms with van der Waals surface area (Å²) in [6.45, 7) is 5.22. The summed E-state index contributed by atoms with van der Waals surface area (Å²) < 4.78 is 59.6. The summed E-state index contributed by atoms with van der Waals surface area (Å²) >= 11 is 0. The molecule has 0 aliphatic carbocycles. The summed E-state index contributed by atoms with van der Waals surface area (Å²) in [5.74, 6) is -1.73. The summed E-state index contributed by atoms with van der Waals surface area (Å²) in [5, 5.41) is 0. The SMILES string of the molecule is CCCn1c(-c2cc(F)cc(F)c2)nc2cc3nc(-c4cc(F)cc(F)c4)n(CCC)c3cc21. The van der Waals surface area contributed by atoms with Crippen LogP contribution in [0.15, 0.2) is 48.5 Å². The van der Waals surface area contributed by atoms with Crippen LogP contribution in [-0.4, -0.2) is 19.1 Å². The quantitative estimate of drug-likeness (QED) is 0.250. The molecule has 3 aromatic carbocycles. The van der Waals surface area contributed by atoms with Crippen molar-refractivity contribution in [2.45, 2.75) is 39.8 Å². The zero-order valence-corrected chi connectivity index (χ0v) is 18.7. The second-order valence-corrected chi connectivity index (χ2v) is 8.32. The van der Waals surface area contributed by atoms with Crippen LogP contribution >= 0.6 is 0 Å². The number of benzene rings is 3. The molecule has 0 spiro atoms. The molecule has 0 aliphatic heterocycles. The molecule has 5 aromatic rings. The van der Waals surface area contributed by atoms with Crippen LogP contribution in [0.5, 0.6) is 0 Å². The molecule has 0 N–H and O–H groups in total. The molecule has 174 valence electrons. The lowest BCUT2D eigenvalue weighted by Crippen LogP contribution is -2.02. The van der Waals surface area contributed by atoms with Gasteiger partial charge in [-0.05, 0) is 49.2 Å². The van der Waals surface area contributed by atoms with E-state index in [1.54, 1.807) is 6.07 Å². The number of imidazole rings is 2. The normalized spacial score (nSPS) is 11.7. The molecule has 0 bridgehead atoms. The first-order chi connectivity index (χ1) is 16.4. The van der Waals surface area contributed by atoms with Crippen LogP contribution in [0.2, 0.25) is 0 Å². The third-order valence-corrected chi connectivity index (χ3v) is 5.75. The molecule has 0 unspecified atom stereocenters. The average molecular weight is 466 g/mol. The topological polar surface area (TPSA) is 35.6 Å². The molecule has 34 heavy (non-hydrogen) atoms.